The minimum absolute atomic E-state index is 0.463. The highest BCUT2D eigenvalue weighted by molar-refractivity contribution is 5.40. The molecule has 0 fully saturated rings. The van der Waals surface area contributed by atoms with E-state index in [1.54, 1.807) is 21.8 Å². The molecule has 0 saturated heterocycles. The number of hydrogen-bond acceptors (Lipinski definition) is 10. The molecule has 4 heterocycles. The smallest absolute Gasteiger partial charge is 0.248 e. The van der Waals surface area contributed by atoms with Gasteiger partial charge in [0.1, 0.15) is 13.1 Å². The largest absolute Gasteiger partial charge is 0.396 e. The molecule has 0 aliphatic carbocycles. The van der Waals surface area contributed by atoms with Gasteiger partial charge in [0.2, 0.25) is 11.8 Å². The number of hydrogen-bond donors (Lipinski definition) is 2. The molecule has 12 heteroatoms. The number of nitrogen functional groups attached to an aromatic ring is 2. The number of nitrogens with zero attached hydrogens (tertiary/aromatic N) is 8. The fraction of sp³-hybridized carbons (Fsp3) is 0.444. The lowest BCUT2D eigenvalue weighted by Crippen LogP contribution is -2.04. The first kappa shape index (κ1) is 21.0. The second-order valence-corrected chi connectivity index (χ2v) is 6.63. The molecule has 4 aromatic heterocycles. The van der Waals surface area contributed by atoms with Gasteiger partial charge in [0.05, 0.1) is 29.0 Å². The van der Waals surface area contributed by atoms with Crippen molar-refractivity contribution in [3.05, 3.63) is 47.2 Å². The molecule has 0 atom stereocenters. The normalized spacial score (nSPS) is 10.8. The highest BCUT2D eigenvalue weighted by Gasteiger charge is 2.09. The molecule has 0 spiro atoms. The Balaban J connectivity index is 0.000000171. The summed E-state index contributed by atoms with van der Waals surface area (Å²) in [4.78, 5) is 8.38. The fourth-order valence-corrected chi connectivity index (χ4v) is 2.50. The minimum atomic E-state index is 0.463. The Bertz CT molecular complexity index is 1070. The van der Waals surface area contributed by atoms with Gasteiger partial charge in [-0.25, -0.2) is 0 Å². The second kappa shape index (κ2) is 9.20. The van der Waals surface area contributed by atoms with Gasteiger partial charge < -0.3 is 20.5 Å². The van der Waals surface area contributed by atoms with Gasteiger partial charge in [-0.05, 0) is 13.8 Å². The van der Waals surface area contributed by atoms with Crippen LogP contribution in [0.15, 0.2) is 21.4 Å². The molecule has 4 N–H and O–H groups in total. The van der Waals surface area contributed by atoms with E-state index in [0.29, 0.717) is 47.9 Å². The van der Waals surface area contributed by atoms with Gasteiger partial charge in [0.15, 0.2) is 11.6 Å². The fourth-order valence-electron chi connectivity index (χ4n) is 2.50. The number of anilines is 2. The Morgan fingerprint density at radius 1 is 0.900 bits per heavy atom. The van der Waals surface area contributed by atoms with Crippen LogP contribution in [-0.4, -0.2) is 39.8 Å². The van der Waals surface area contributed by atoms with Crippen LogP contribution in [0, 0.1) is 13.8 Å². The van der Waals surface area contributed by atoms with Gasteiger partial charge in [-0.2, -0.15) is 20.2 Å². The molecular weight excluding hydrogens is 388 g/mol. The van der Waals surface area contributed by atoms with Crippen molar-refractivity contribution < 1.29 is 9.05 Å². The van der Waals surface area contributed by atoms with Crippen molar-refractivity contribution in [2.45, 2.75) is 53.6 Å². The van der Waals surface area contributed by atoms with Crippen LogP contribution in [0.4, 0.5) is 11.4 Å². The lowest BCUT2D eigenvalue weighted by molar-refractivity contribution is 0.360. The molecule has 0 saturated carbocycles. The summed E-state index contributed by atoms with van der Waals surface area (Å²) in [6, 6.07) is 0. The van der Waals surface area contributed by atoms with Crippen molar-refractivity contribution in [1.29, 1.82) is 0 Å². The van der Waals surface area contributed by atoms with Crippen LogP contribution in [0.1, 0.15) is 48.7 Å². The molecule has 0 bridgehead atoms. The van der Waals surface area contributed by atoms with Crippen molar-refractivity contribution in [3.8, 4) is 0 Å². The van der Waals surface area contributed by atoms with E-state index < -0.39 is 0 Å². The van der Waals surface area contributed by atoms with Gasteiger partial charge in [0, 0.05) is 19.0 Å². The Labute approximate surface area is 173 Å². The van der Waals surface area contributed by atoms with E-state index in [1.165, 1.54) is 0 Å². The average Bonchev–Trinajstić information content (AvgIpc) is 3.50. The van der Waals surface area contributed by atoms with E-state index in [2.05, 4.69) is 30.5 Å². The second-order valence-electron chi connectivity index (χ2n) is 6.63. The third-order valence-corrected chi connectivity index (χ3v) is 4.36. The first-order chi connectivity index (χ1) is 14.4. The van der Waals surface area contributed by atoms with Gasteiger partial charge in [0.25, 0.3) is 0 Å². The van der Waals surface area contributed by atoms with Crippen LogP contribution in [-0.2, 0) is 25.9 Å². The van der Waals surface area contributed by atoms with E-state index in [-0.39, 0.29) is 0 Å². The van der Waals surface area contributed by atoms with Crippen molar-refractivity contribution in [2.75, 3.05) is 11.5 Å². The predicted octanol–water partition coefficient (Wildman–Crippen LogP) is 1.53. The maximum Gasteiger partial charge on any atom is 0.248 e. The number of aromatic nitrogens is 8. The predicted molar refractivity (Wildman–Crippen MR) is 108 cm³/mol. The molecule has 12 nitrogen and oxygen atoms in total. The molecule has 0 radical (unpaired) electrons. The van der Waals surface area contributed by atoms with E-state index >= 15 is 0 Å². The molecule has 0 aromatic carbocycles. The summed E-state index contributed by atoms with van der Waals surface area (Å²) in [6.07, 6.45) is 4.91. The summed E-state index contributed by atoms with van der Waals surface area (Å²) in [7, 11) is 0. The molecule has 0 unspecified atom stereocenters. The van der Waals surface area contributed by atoms with E-state index in [9.17, 15) is 0 Å². The van der Waals surface area contributed by atoms with Crippen molar-refractivity contribution >= 4 is 11.4 Å². The van der Waals surface area contributed by atoms with Crippen LogP contribution in [0.3, 0.4) is 0 Å². The zero-order valence-electron chi connectivity index (χ0n) is 17.5. The van der Waals surface area contributed by atoms with Gasteiger partial charge in [-0.1, -0.05) is 24.2 Å². The highest BCUT2D eigenvalue weighted by atomic mass is 16.5. The minimum Gasteiger partial charge on any atom is -0.396 e. The Hall–Kier alpha value is -3.70. The molecule has 0 aliphatic heterocycles. The lowest BCUT2D eigenvalue weighted by atomic mass is 10.4. The van der Waals surface area contributed by atoms with Crippen LogP contribution >= 0.6 is 0 Å². The van der Waals surface area contributed by atoms with Gasteiger partial charge in [-0.15, -0.1) is 0 Å². The zero-order valence-corrected chi connectivity index (χ0v) is 17.5. The van der Waals surface area contributed by atoms with Crippen molar-refractivity contribution in [2.24, 2.45) is 0 Å². The van der Waals surface area contributed by atoms with Gasteiger partial charge >= 0.3 is 0 Å². The SMILES string of the molecule is CCc1noc(Cn2cc(N)c(C)n2)n1.CCc1noc(Cn2ncc(N)c2C)n1. The van der Waals surface area contributed by atoms with Crippen LogP contribution in [0.2, 0.25) is 0 Å². The maximum atomic E-state index is 5.68. The van der Waals surface area contributed by atoms with Crippen LogP contribution in [0.25, 0.3) is 0 Å². The first-order valence-electron chi connectivity index (χ1n) is 9.59. The summed E-state index contributed by atoms with van der Waals surface area (Å²) in [6.45, 7) is 8.65. The standard InChI is InChI=1S/2C9H13N5O/c1-3-8-11-9(15-13-8)5-14-4-7(10)6(2)12-14;1-3-8-12-9(15-13-8)5-14-6(2)7(10)4-11-14/h2*4H,3,5,10H2,1-2H3. The first-order valence-corrected chi connectivity index (χ1v) is 9.59. The molecular formula is C18H26N10O2. The topological polar surface area (TPSA) is 166 Å². The lowest BCUT2D eigenvalue weighted by Gasteiger charge is -1.99. The summed E-state index contributed by atoms with van der Waals surface area (Å²) < 4.78 is 13.5. The maximum absolute atomic E-state index is 5.68. The van der Waals surface area contributed by atoms with E-state index in [4.69, 9.17) is 20.5 Å². The zero-order chi connectivity index (χ0) is 21.7. The van der Waals surface area contributed by atoms with Crippen LogP contribution in [0.5, 0.6) is 0 Å². The van der Waals surface area contributed by atoms with Crippen molar-refractivity contribution in [3.63, 3.8) is 0 Å². The van der Waals surface area contributed by atoms with E-state index in [1.807, 2.05) is 27.7 Å². The average molecular weight is 414 g/mol. The molecule has 0 aliphatic rings. The van der Waals surface area contributed by atoms with Gasteiger partial charge in [-0.3, -0.25) is 9.36 Å². The molecule has 4 aromatic rings. The Morgan fingerprint density at radius 3 is 1.93 bits per heavy atom. The Morgan fingerprint density at radius 2 is 1.50 bits per heavy atom. The highest BCUT2D eigenvalue weighted by Crippen LogP contribution is 2.10. The monoisotopic (exact) mass is 414 g/mol. The summed E-state index contributed by atoms with van der Waals surface area (Å²) in [5, 5.41) is 15.9. The number of rotatable bonds is 6. The van der Waals surface area contributed by atoms with Crippen molar-refractivity contribution in [1.82, 2.24) is 39.8 Å². The summed E-state index contributed by atoms with van der Waals surface area (Å²) >= 11 is 0. The third kappa shape index (κ3) is 5.01. The number of aryl methyl sites for hydroxylation is 3. The molecule has 4 rings (SSSR count). The molecule has 160 valence electrons. The quantitative estimate of drug-likeness (QED) is 0.472. The summed E-state index contributed by atoms with van der Waals surface area (Å²) in [5.74, 6) is 2.53. The Kier molecular flexibility index (Phi) is 6.45. The third-order valence-electron chi connectivity index (χ3n) is 4.36. The number of nitrogens with two attached hydrogens (primary N) is 2. The molecule has 30 heavy (non-hydrogen) atoms. The summed E-state index contributed by atoms with van der Waals surface area (Å²) in [5.41, 5.74) is 14.4. The molecule has 0 amide bonds. The van der Waals surface area contributed by atoms with Crippen LogP contribution < -0.4 is 11.5 Å². The van der Waals surface area contributed by atoms with E-state index in [0.717, 1.165) is 24.2 Å².